The summed E-state index contributed by atoms with van der Waals surface area (Å²) in [6, 6.07) is 9.79. The van der Waals surface area contributed by atoms with Crippen molar-refractivity contribution >= 4 is 17.5 Å². The van der Waals surface area contributed by atoms with Crippen LogP contribution in [-0.4, -0.2) is 22.3 Å². The first-order valence-corrected chi connectivity index (χ1v) is 8.59. The number of benzene rings is 1. The van der Waals surface area contributed by atoms with Crippen molar-refractivity contribution in [2.24, 2.45) is 0 Å². The van der Waals surface area contributed by atoms with Gasteiger partial charge in [-0.3, -0.25) is 4.79 Å². The molecule has 0 saturated carbocycles. The summed E-state index contributed by atoms with van der Waals surface area (Å²) in [6.07, 6.45) is 5.05. The van der Waals surface area contributed by atoms with Gasteiger partial charge < -0.3 is 4.90 Å². The second kappa shape index (κ2) is 9.38. The lowest BCUT2D eigenvalue weighted by Crippen LogP contribution is -2.32. The van der Waals surface area contributed by atoms with Crippen LogP contribution in [0.1, 0.15) is 37.3 Å². The topological polar surface area (TPSA) is 33.2 Å². The van der Waals surface area contributed by atoms with E-state index in [2.05, 4.69) is 11.9 Å². The van der Waals surface area contributed by atoms with E-state index in [0.29, 0.717) is 18.2 Å². The van der Waals surface area contributed by atoms with E-state index < -0.39 is 0 Å². The van der Waals surface area contributed by atoms with Crippen molar-refractivity contribution in [2.45, 2.75) is 39.2 Å². The summed E-state index contributed by atoms with van der Waals surface area (Å²) in [5.74, 6) is -0.227. The van der Waals surface area contributed by atoms with Crippen molar-refractivity contribution in [3.05, 3.63) is 64.7 Å². The van der Waals surface area contributed by atoms with E-state index in [9.17, 15) is 9.18 Å². The predicted octanol–water partition coefficient (Wildman–Crippen LogP) is 4.64. The molecule has 1 amide bonds. The van der Waals surface area contributed by atoms with Gasteiger partial charge in [0, 0.05) is 19.3 Å². The molecule has 0 aliphatic carbocycles. The average molecular weight is 349 g/mol. The largest absolute Gasteiger partial charge is 0.338 e. The number of hydrogen-bond donors (Lipinski definition) is 0. The Morgan fingerprint density at radius 3 is 2.46 bits per heavy atom. The van der Waals surface area contributed by atoms with E-state index in [-0.39, 0.29) is 18.1 Å². The van der Waals surface area contributed by atoms with Crippen LogP contribution in [0.5, 0.6) is 0 Å². The van der Waals surface area contributed by atoms with Gasteiger partial charge in [0.05, 0.1) is 6.42 Å². The third-order valence-corrected chi connectivity index (χ3v) is 4.04. The number of unbranched alkanes of at least 4 members (excludes halogenated alkanes) is 2. The van der Waals surface area contributed by atoms with E-state index >= 15 is 0 Å². The molecule has 0 fully saturated rings. The van der Waals surface area contributed by atoms with Crippen LogP contribution in [0.2, 0.25) is 5.15 Å². The number of amides is 1. The van der Waals surface area contributed by atoms with Gasteiger partial charge in [-0.15, -0.1) is 0 Å². The highest BCUT2D eigenvalue weighted by Gasteiger charge is 2.14. The zero-order valence-electron chi connectivity index (χ0n) is 13.8. The number of halogens is 2. The van der Waals surface area contributed by atoms with Crippen LogP contribution in [0, 0.1) is 5.82 Å². The second-order valence-electron chi connectivity index (χ2n) is 5.81. The molecule has 0 bridgehead atoms. The summed E-state index contributed by atoms with van der Waals surface area (Å²) >= 11 is 5.78. The fourth-order valence-corrected chi connectivity index (χ4v) is 2.56. The Hall–Kier alpha value is -1.94. The third-order valence-electron chi connectivity index (χ3n) is 3.81. The Bertz CT molecular complexity index is 643. The quantitative estimate of drug-likeness (QED) is 0.514. The molecule has 0 N–H and O–H groups in total. The van der Waals surface area contributed by atoms with E-state index in [1.807, 2.05) is 11.0 Å². The van der Waals surface area contributed by atoms with Gasteiger partial charge in [-0.2, -0.15) is 0 Å². The first-order valence-electron chi connectivity index (χ1n) is 8.21. The summed E-state index contributed by atoms with van der Waals surface area (Å²) < 4.78 is 13.1. The van der Waals surface area contributed by atoms with Gasteiger partial charge in [-0.1, -0.05) is 49.6 Å². The Kier molecular flexibility index (Phi) is 7.19. The van der Waals surface area contributed by atoms with Crippen LogP contribution in [-0.2, 0) is 17.8 Å². The SMILES string of the molecule is CCCCCN(Cc1ccc(F)cc1)C(=O)Cc1ccc(Cl)nc1. The minimum atomic E-state index is -0.269. The Balaban J connectivity index is 2.04. The molecular formula is C19H22ClFN2O. The molecule has 5 heteroatoms. The maximum Gasteiger partial charge on any atom is 0.227 e. The van der Waals surface area contributed by atoms with Crippen molar-refractivity contribution in [3.8, 4) is 0 Å². The Labute approximate surface area is 147 Å². The molecule has 24 heavy (non-hydrogen) atoms. The Morgan fingerprint density at radius 1 is 1.12 bits per heavy atom. The molecule has 0 radical (unpaired) electrons. The van der Waals surface area contributed by atoms with Gasteiger partial charge in [-0.05, 0) is 35.7 Å². The number of rotatable bonds is 8. The molecule has 0 saturated heterocycles. The van der Waals surface area contributed by atoms with E-state index in [4.69, 9.17) is 11.6 Å². The van der Waals surface area contributed by atoms with Crippen LogP contribution < -0.4 is 0 Å². The second-order valence-corrected chi connectivity index (χ2v) is 6.20. The lowest BCUT2D eigenvalue weighted by atomic mass is 10.1. The molecule has 128 valence electrons. The number of nitrogens with zero attached hydrogens (tertiary/aromatic N) is 2. The fourth-order valence-electron chi connectivity index (χ4n) is 2.45. The molecule has 3 nitrogen and oxygen atoms in total. The normalized spacial score (nSPS) is 10.6. The number of carbonyl (C=O) groups excluding carboxylic acids is 1. The molecule has 0 aliphatic heterocycles. The standard InChI is InChI=1S/C19H22ClFN2O/c1-2-3-4-11-23(14-15-5-8-17(21)9-6-15)19(24)12-16-7-10-18(20)22-13-16/h5-10,13H,2-4,11-12,14H2,1H3. The summed E-state index contributed by atoms with van der Waals surface area (Å²) in [6.45, 7) is 3.32. The molecule has 0 unspecified atom stereocenters. The maximum absolute atomic E-state index is 13.1. The highest BCUT2D eigenvalue weighted by atomic mass is 35.5. The minimum absolute atomic E-state index is 0.0413. The maximum atomic E-state index is 13.1. The number of aromatic nitrogens is 1. The van der Waals surface area contributed by atoms with Gasteiger partial charge in [-0.25, -0.2) is 9.37 Å². The molecule has 0 aliphatic rings. The summed E-state index contributed by atoms with van der Waals surface area (Å²) in [5.41, 5.74) is 1.76. The van der Waals surface area contributed by atoms with Gasteiger partial charge in [0.1, 0.15) is 11.0 Å². The lowest BCUT2D eigenvalue weighted by Gasteiger charge is -2.23. The third kappa shape index (κ3) is 5.93. The fraction of sp³-hybridized carbons (Fsp3) is 0.368. The van der Waals surface area contributed by atoms with Crippen molar-refractivity contribution in [3.63, 3.8) is 0 Å². The van der Waals surface area contributed by atoms with Crippen LogP contribution in [0.4, 0.5) is 4.39 Å². The molecule has 0 atom stereocenters. The molecule has 0 spiro atoms. The van der Waals surface area contributed by atoms with Crippen molar-refractivity contribution in [1.29, 1.82) is 0 Å². The van der Waals surface area contributed by atoms with Crippen LogP contribution in [0.25, 0.3) is 0 Å². The van der Waals surface area contributed by atoms with Gasteiger partial charge >= 0.3 is 0 Å². The summed E-state index contributed by atoms with van der Waals surface area (Å²) in [5, 5.41) is 0.414. The molecule has 1 aromatic carbocycles. The van der Waals surface area contributed by atoms with Crippen LogP contribution >= 0.6 is 11.6 Å². The first kappa shape index (κ1) is 18.4. The van der Waals surface area contributed by atoms with Crippen LogP contribution in [0.15, 0.2) is 42.6 Å². The average Bonchev–Trinajstić information content (AvgIpc) is 2.58. The summed E-state index contributed by atoms with van der Waals surface area (Å²) in [4.78, 5) is 18.5. The van der Waals surface area contributed by atoms with E-state index in [1.165, 1.54) is 12.1 Å². The molecule has 1 heterocycles. The van der Waals surface area contributed by atoms with Crippen molar-refractivity contribution < 1.29 is 9.18 Å². The van der Waals surface area contributed by atoms with Crippen molar-refractivity contribution in [2.75, 3.05) is 6.54 Å². The zero-order valence-corrected chi connectivity index (χ0v) is 14.6. The lowest BCUT2D eigenvalue weighted by molar-refractivity contribution is -0.131. The van der Waals surface area contributed by atoms with E-state index in [1.54, 1.807) is 24.4 Å². The highest BCUT2D eigenvalue weighted by Crippen LogP contribution is 2.12. The number of pyridine rings is 1. The zero-order chi connectivity index (χ0) is 17.4. The predicted molar refractivity (Wildman–Crippen MR) is 94.3 cm³/mol. The smallest absolute Gasteiger partial charge is 0.227 e. The molecular weight excluding hydrogens is 327 g/mol. The van der Waals surface area contributed by atoms with Gasteiger partial charge in [0.25, 0.3) is 0 Å². The molecule has 2 aromatic rings. The molecule has 1 aromatic heterocycles. The number of hydrogen-bond acceptors (Lipinski definition) is 2. The monoisotopic (exact) mass is 348 g/mol. The number of carbonyl (C=O) groups is 1. The minimum Gasteiger partial charge on any atom is -0.338 e. The van der Waals surface area contributed by atoms with Gasteiger partial charge in [0.15, 0.2) is 0 Å². The summed E-state index contributed by atoms with van der Waals surface area (Å²) in [7, 11) is 0. The van der Waals surface area contributed by atoms with Crippen molar-refractivity contribution in [1.82, 2.24) is 9.88 Å². The Morgan fingerprint density at radius 2 is 1.83 bits per heavy atom. The highest BCUT2D eigenvalue weighted by molar-refractivity contribution is 6.29. The molecule has 2 rings (SSSR count). The van der Waals surface area contributed by atoms with E-state index in [0.717, 1.165) is 30.4 Å². The van der Waals surface area contributed by atoms with Crippen LogP contribution in [0.3, 0.4) is 0 Å². The first-order chi connectivity index (χ1) is 11.6. The van der Waals surface area contributed by atoms with Gasteiger partial charge in [0.2, 0.25) is 5.91 Å².